The molecule has 2 atom stereocenters. The van der Waals surface area contributed by atoms with Gasteiger partial charge in [0.05, 0.1) is 7.11 Å². The van der Waals surface area contributed by atoms with Crippen molar-refractivity contribution in [2.75, 3.05) is 7.11 Å². The van der Waals surface area contributed by atoms with E-state index in [1.54, 1.807) is 7.11 Å². The summed E-state index contributed by atoms with van der Waals surface area (Å²) in [6, 6.07) is 7.57. The first-order valence-electron chi connectivity index (χ1n) is 4.70. The lowest BCUT2D eigenvalue weighted by Gasteiger charge is -2.08. The molecule has 80 valence electrons. The fourth-order valence-electron chi connectivity index (χ4n) is 1.38. The van der Waals surface area contributed by atoms with Crippen LogP contribution >= 0.6 is 11.8 Å². The molecule has 0 bridgehead atoms. The van der Waals surface area contributed by atoms with Crippen LogP contribution in [0.4, 0.5) is 0 Å². The Morgan fingerprint density at radius 1 is 1.33 bits per heavy atom. The number of carbonyl (C=O) groups excluding carboxylic acids is 1. The highest BCUT2D eigenvalue weighted by molar-refractivity contribution is 8.01. The van der Waals surface area contributed by atoms with Gasteiger partial charge in [-0.15, -0.1) is 0 Å². The van der Waals surface area contributed by atoms with E-state index in [-0.39, 0.29) is 16.7 Å². The SMILES string of the molecule is COc1ccc(C2OC(=O)C(C)S2)cc1. The van der Waals surface area contributed by atoms with E-state index in [2.05, 4.69) is 0 Å². The smallest absolute Gasteiger partial charge is 0.320 e. The number of methoxy groups -OCH3 is 1. The fraction of sp³-hybridized carbons (Fsp3) is 0.364. The predicted octanol–water partition coefficient (Wildman–Crippen LogP) is 2.37. The minimum Gasteiger partial charge on any atom is -0.497 e. The largest absolute Gasteiger partial charge is 0.497 e. The van der Waals surface area contributed by atoms with Crippen LogP contribution < -0.4 is 4.74 Å². The molecule has 0 aromatic heterocycles. The molecule has 1 aromatic rings. The van der Waals surface area contributed by atoms with Crippen molar-refractivity contribution < 1.29 is 14.3 Å². The molecule has 1 aromatic carbocycles. The number of esters is 1. The number of benzene rings is 1. The minimum atomic E-state index is -0.168. The van der Waals surface area contributed by atoms with Gasteiger partial charge < -0.3 is 9.47 Å². The Labute approximate surface area is 92.8 Å². The molecule has 1 fully saturated rings. The van der Waals surface area contributed by atoms with E-state index in [9.17, 15) is 4.79 Å². The number of ether oxygens (including phenoxy) is 2. The first-order chi connectivity index (χ1) is 7.20. The Hall–Kier alpha value is -1.16. The van der Waals surface area contributed by atoms with Crippen molar-refractivity contribution in [3.8, 4) is 5.75 Å². The minimum absolute atomic E-state index is 0.0721. The molecule has 0 aliphatic carbocycles. The number of hydrogen-bond acceptors (Lipinski definition) is 4. The lowest BCUT2D eigenvalue weighted by molar-refractivity contribution is -0.142. The van der Waals surface area contributed by atoms with Gasteiger partial charge in [-0.3, -0.25) is 4.79 Å². The summed E-state index contributed by atoms with van der Waals surface area (Å²) < 4.78 is 10.3. The molecular formula is C11H12O3S. The summed E-state index contributed by atoms with van der Waals surface area (Å²) in [5.41, 5.74) is 0.830. The zero-order chi connectivity index (χ0) is 10.8. The summed E-state index contributed by atoms with van der Waals surface area (Å²) in [7, 11) is 1.63. The van der Waals surface area contributed by atoms with Crippen molar-refractivity contribution >= 4 is 17.7 Å². The maximum absolute atomic E-state index is 11.2. The van der Waals surface area contributed by atoms with Gasteiger partial charge in [0.2, 0.25) is 0 Å². The molecule has 1 saturated heterocycles. The van der Waals surface area contributed by atoms with Crippen LogP contribution in [0.25, 0.3) is 0 Å². The summed E-state index contributed by atoms with van der Waals surface area (Å²) in [6.07, 6.45) is 0. The molecule has 2 unspecified atom stereocenters. The molecule has 1 aliphatic heterocycles. The van der Waals surface area contributed by atoms with Crippen LogP contribution in [0.1, 0.15) is 17.9 Å². The maximum Gasteiger partial charge on any atom is 0.320 e. The second kappa shape index (κ2) is 4.14. The standard InChI is InChI=1S/C11H12O3S/c1-7-10(12)14-11(15-7)8-3-5-9(13-2)6-4-8/h3-7,11H,1-2H3. The summed E-state index contributed by atoms with van der Waals surface area (Å²) in [6.45, 7) is 1.86. The van der Waals surface area contributed by atoms with E-state index < -0.39 is 0 Å². The fourth-order valence-corrected chi connectivity index (χ4v) is 2.38. The number of cyclic esters (lactones) is 1. The predicted molar refractivity (Wildman–Crippen MR) is 58.9 cm³/mol. The average Bonchev–Trinajstić information content (AvgIpc) is 2.59. The van der Waals surface area contributed by atoms with Crippen LogP contribution in [0.5, 0.6) is 5.75 Å². The van der Waals surface area contributed by atoms with E-state index in [1.165, 1.54) is 11.8 Å². The van der Waals surface area contributed by atoms with Crippen molar-refractivity contribution in [3.05, 3.63) is 29.8 Å². The normalized spacial score (nSPS) is 25.1. The van der Waals surface area contributed by atoms with Crippen molar-refractivity contribution in [2.45, 2.75) is 17.6 Å². The van der Waals surface area contributed by atoms with Gasteiger partial charge in [-0.05, 0) is 19.1 Å². The molecule has 0 radical (unpaired) electrons. The third-order valence-electron chi connectivity index (χ3n) is 2.27. The van der Waals surface area contributed by atoms with E-state index in [1.807, 2.05) is 31.2 Å². The topological polar surface area (TPSA) is 35.5 Å². The lowest BCUT2D eigenvalue weighted by atomic mass is 10.2. The third kappa shape index (κ3) is 2.09. The van der Waals surface area contributed by atoms with Gasteiger partial charge in [-0.25, -0.2) is 0 Å². The van der Waals surface area contributed by atoms with Gasteiger partial charge in [0.15, 0.2) is 5.44 Å². The highest BCUT2D eigenvalue weighted by Gasteiger charge is 2.32. The molecule has 1 aliphatic rings. The van der Waals surface area contributed by atoms with Crippen LogP contribution in [0.2, 0.25) is 0 Å². The molecule has 15 heavy (non-hydrogen) atoms. The van der Waals surface area contributed by atoms with Gasteiger partial charge in [0.1, 0.15) is 11.0 Å². The highest BCUT2D eigenvalue weighted by Crippen LogP contribution is 2.40. The molecule has 4 heteroatoms. The Morgan fingerprint density at radius 3 is 2.47 bits per heavy atom. The van der Waals surface area contributed by atoms with E-state index in [0.29, 0.717) is 0 Å². The van der Waals surface area contributed by atoms with Crippen LogP contribution in [0.3, 0.4) is 0 Å². The Morgan fingerprint density at radius 2 is 2.00 bits per heavy atom. The van der Waals surface area contributed by atoms with Crippen molar-refractivity contribution in [3.63, 3.8) is 0 Å². The summed E-state index contributed by atoms with van der Waals surface area (Å²) >= 11 is 1.53. The zero-order valence-electron chi connectivity index (χ0n) is 8.60. The molecular weight excluding hydrogens is 212 g/mol. The molecule has 0 saturated carbocycles. The summed E-state index contributed by atoms with van der Waals surface area (Å²) in [4.78, 5) is 11.2. The highest BCUT2D eigenvalue weighted by atomic mass is 32.2. The second-order valence-electron chi connectivity index (χ2n) is 3.32. The Kier molecular flexibility index (Phi) is 2.86. The van der Waals surface area contributed by atoms with Crippen molar-refractivity contribution in [1.29, 1.82) is 0 Å². The van der Waals surface area contributed by atoms with E-state index >= 15 is 0 Å². The van der Waals surface area contributed by atoms with Crippen LogP contribution in [-0.2, 0) is 9.53 Å². The molecule has 0 spiro atoms. The van der Waals surface area contributed by atoms with Crippen LogP contribution in [0.15, 0.2) is 24.3 Å². The van der Waals surface area contributed by atoms with Crippen molar-refractivity contribution in [1.82, 2.24) is 0 Å². The third-order valence-corrected chi connectivity index (χ3v) is 3.49. The van der Waals surface area contributed by atoms with E-state index in [0.717, 1.165) is 11.3 Å². The van der Waals surface area contributed by atoms with Crippen LogP contribution in [0, 0.1) is 0 Å². The number of thioether (sulfide) groups is 1. The number of rotatable bonds is 2. The monoisotopic (exact) mass is 224 g/mol. The van der Waals surface area contributed by atoms with E-state index in [4.69, 9.17) is 9.47 Å². The molecule has 0 N–H and O–H groups in total. The molecule has 1 heterocycles. The summed E-state index contributed by atoms with van der Waals surface area (Å²) in [5.74, 6) is 0.668. The Bertz CT molecular complexity index is 361. The second-order valence-corrected chi connectivity index (χ2v) is 4.73. The van der Waals surface area contributed by atoms with Gasteiger partial charge in [0.25, 0.3) is 0 Å². The number of carbonyl (C=O) groups is 1. The molecule has 3 nitrogen and oxygen atoms in total. The molecule has 0 amide bonds. The quantitative estimate of drug-likeness (QED) is 0.722. The molecule has 2 rings (SSSR count). The average molecular weight is 224 g/mol. The van der Waals surface area contributed by atoms with Gasteiger partial charge in [0, 0.05) is 5.56 Å². The summed E-state index contributed by atoms with van der Waals surface area (Å²) in [5, 5.41) is -0.0721. The zero-order valence-corrected chi connectivity index (χ0v) is 9.41. The lowest BCUT2D eigenvalue weighted by Crippen LogP contribution is -2.06. The maximum atomic E-state index is 11.2. The van der Waals surface area contributed by atoms with Gasteiger partial charge in [-0.2, -0.15) is 0 Å². The Balaban J connectivity index is 2.13. The van der Waals surface area contributed by atoms with Gasteiger partial charge in [-0.1, -0.05) is 23.9 Å². The van der Waals surface area contributed by atoms with Gasteiger partial charge >= 0.3 is 5.97 Å². The van der Waals surface area contributed by atoms with Crippen molar-refractivity contribution in [2.24, 2.45) is 0 Å². The first kappa shape index (κ1) is 10.4. The first-order valence-corrected chi connectivity index (χ1v) is 5.65. The number of hydrogen-bond donors (Lipinski definition) is 0. The van der Waals surface area contributed by atoms with Crippen LogP contribution in [-0.4, -0.2) is 18.3 Å².